The Hall–Kier alpha value is -1.10. The van der Waals surface area contributed by atoms with E-state index in [-0.39, 0.29) is 11.8 Å². The molecule has 1 unspecified atom stereocenters. The lowest BCUT2D eigenvalue weighted by atomic mass is 10.2. The standard InChI is InChI=1S/C9H16N3O2/c1-7(11-8(2)13)9(14)12-5-3-10-4-6-12/h7,10H,1,3-6H2,2H3,(H,11,13). The zero-order valence-electron chi connectivity index (χ0n) is 8.38. The van der Waals surface area contributed by atoms with Gasteiger partial charge in [0.15, 0.2) is 0 Å². The zero-order chi connectivity index (χ0) is 10.6. The maximum atomic E-state index is 11.7. The van der Waals surface area contributed by atoms with Crippen LogP contribution in [0.5, 0.6) is 0 Å². The molecular formula is C9H16N3O2. The summed E-state index contributed by atoms with van der Waals surface area (Å²) in [5, 5.41) is 5.63. The monoisotopic (exact) mass is 198 g/mol. The van der Waals surface area contributed by atoms with E-state index in [4.69, 9.17) is 0 Å². The SMILES string of the molecule is [CH2]C(NC(C)=O)C(=O)N1CCNCC1. The van der Waals surface area contributed by atoms with Gasteiger partial charge in [0.25, 0.3) is 0 Å². The first-order valence-electron chi connectivity index (χ1n) is 4.71. The first-order chi connectivity index (χ1) is 6.61. The van der Waals surface area contributed by atoms with E-state index in [1.54, 1.807) is 4.90 Å². The van der Waals surface area contributed by atoms with Crippen LogP contribution in [0.3, 0.4) is 0 Å². The highest BCUT2D eigenvalue weighted by atomic mass is 16.2. The number of carbonyl (C=O) groups excluding carboxylic acids is 2. The molecule has 0 saturated carbocycles. The molecule has 0 spiro atoms. The van der Waals surface area contributed by atoms with Gasteiger partial charge < -0.3 is 15.5 Å². The molecule has 1 rings (SSSR count). The topological polar surface area (TPSA) is 61.4 Å². The minimum Gasteiger partial charge on any atom is -0.345 e. The Bertz CT molecular complexity index is 224. The number of nitrogens with one attached hydrogen (secondary N) is 2. The second kappa shape index (κ2) is 4.95. The highest BCUT2D eigenvalue weighted by Crippen LogP contribution is 1.97. The number of amides is 2. The van der Waals surface area contributed by atoms with Crippen molar-refractivity contribution < 1.29 is 9.59 Å². The largest absolute Gasteiger partial charge is 0.345 e. The molecule has 1 aliphatic rings. The molecule has 2 N–H and O–H groups in total. The van der Waals surface area contributed by atoms with E-state index in [2.05, 4.69) is 17.6 Å². The number of hydrogen-bond donors (Lipinski definition) is 2. The highest BCUT2D eigenvalue weighted by molar-refractivity contribution is 5.87. The quantitative estimate of drug-likeness (QED) is 0.583. The first kappa shape index (κ1) is 11.0. The van der Waals surface area contributed by atoms with E-state index in [1.807, 2.05) is 0 Å². The van der Waals surface area contributed by atoms with Crippen LogP contribution in [-0.4, -0.2) is 48.9 Å². The van der Waals surface area contributed by atoms with Crippen LogP contribution in [0.2, 0.25) is 0 Å². The number of piperazine rings is 1. The van der Waals surface area contributed by atoms with E-state index >= 15 is 0 Å². The predicted molar refractivity (Wildman–Crippen MR) is 52.4 cm³/mol. The van der Waals surface area contributed by atoms with Gasteiger partial charge in [-0.05, 0) is 6.92 Å². The molecule has 0 aliphatic carbocycles. The molecule has 0 bridgehead atoms. The molecule has 1 heterocycles. The first-order valence-corrected chi connectivity index (χ1v) is 4.71. The van der Waals surface area contributed by atoms with Crippen molar-refractivity contribution in [3.05, 3.63) is 6.92 Å². The van der Waals surface area contributed by atoms with Crippen LogP contribution in [0, 0.1) is 6.92 Å². The Kier molecular flexibility index (Phi) is 3.88. The van der Waals surface area contributed by atoms with Gasteiger partial charge in [-0.1, -0.05) is 0 Å². The second-order valence-corrected chi connectivity index (χ2v) is 3.33. The van der Waals surface area contributed by atoms with Crippen LogP contribution in [0.15, 0.2) is 0 Å². The van der Waals surface area contributed by atoms with E-state index in [1.165, 1.54) is 6.92 Å². The lowest BCUT2D eigenvalue weighted by Gasteiger charge is -2.29. The summed E-state index contributed by atoms with van der Waals surface area (Å²) in [4.78, 5) is 24.1. The fraction of sp³-hybridized carbons (Fsp3) is 0.667. The summed E-state index contributed by atoms with van der Waals surface area (Å²) in [5.41, 5.74) is 0. The molecule has 0 aromatic heterocycles. The molecule has 5 nitrogen and oxygen atoms in total. The summed E-state index contributed by atoms with van der Waals surface area (Å²) in [6.07, 6.45) is 0. The normalized spacial score (nSPS) is 18.9. The summed E-state index contributed by atoms with van der Waals surface area (Å²) in [5.74, 6) is -0.338. The highest BCUT2D eigenvalue weighted by Gasteiger charge is 2.22. The maximum absolute atomic E-state index is 11.7. The summed E-state index contributed by atoms with van der Waals surface area (Å²) < 4.78 is 0. The minimum atomic E-state index is -0.661. The minimum absolute atomic E-state index is 0.110. The smallest absolute Gasteiger partial charge is 0.245 e. The van der Waals surface area contributed by atoms with Gasteiger partial charge in [-0.25, -0.2) is 0 Å². The van der Waals surface area contributed by atoms with Crippen molar-refractivity contribution in [2.24, 2.45) is 0 Å². The lowest BCUT2D eigenvalue weighted by Crippen LogP contribution is -2.52. The fourth-order valence-electron chi connectivity index (χ4n) is 1.41. The van der Waals surface area contributed by atoms with Crippen LogP contribution < -0.4 is 10.6 Å². The maximum Gasteiger partial charge on any atom is 0.245 e. The molecule has 1 aliphatic heterocycles. The average Bonchev–Trinajstić information content (AvgIpc) is 2.17. The second-order valence-electron chi connectivity index (χ2n) is 3.33. The van der Waals surface area contributed by atoms with Crippen LogP contribution in [0.25, 0.3) is 0 Å². The molecule has 1 radical (unpaired) electrons. The van der Waals surface area contributed by atoms with Crippen molar-refractivity contribution in [1.29, 1.82) is 0 Å². The van der Waals surface area contributed by atoms with Crippen molar-refractivity contribution in [2.75, 3.05) is 26.2 Å². The van der Waals surface area contributed by atoms with Crippen molar-refractivity contribution in [1.82, 2.24) is 15.5 Å². The van der Waals surface area contributed by atoms with Crippen LogP contribution in [0.4, 0.5) is 0 Å². The van der Waals surface area contributed by atoms with Crippen LogP contribution in [0.1, 0.15) is 6.92 Å². The fourth-order valence-corrected chi connectivity index (χ4v) is 1.41. The van der Waals surface area contributed by atoms with Crippen molar-refractivity contribution in [2.45, 2.75) is 13.0 Å². The molecular weight excluding hydrogens is 182 g/mol. The summed E-state index contributed by atoms with van der Waals surface area (Å²) in [6.45, 7) is 7.97. The summed E-state index contributed by atoms with van der Waals surface area (Å²) >= 11 is 0. The van der Waals surface area contributed by atoms with E-state index in [0.29, 0.717) is 13.1 Å². The number of hydrogen-bond acceptors (Lipinski definition) is 3. The Labute approximate surface area is 83.8 Å². The van der Waals surface area contributed by atoms with E-state index in [9.17, 15) is 9.59 Å². The zero-order valence-corrected chi connectivity index (χ0v) is 8.38. The van der Waals surface area contributed by atoms with Crippen molar-refractivity contribution >= 4 is 11.8 Å². The predicted octanol–water partition coefficient (Wildman–Crippen LogP) is -1.24. The van der Waals surface area contributed by atoms with Gasteiger partial charge in [0, 0.05) is 33.1 Å². The molecule has 5 heteroatoms. The molecule has 0 aromatic carbocycles. The third-order valence-corrected chi connectivity index (χ3v) is 2.10. The third-order valence-electron chi connectivity index (χ3n) is 2.10. The van der Waals surface area contributed by atoms with Gasteiger partial charge in [0.2, 0.25) is 11.8 Å². The van der Waals surface area contributed by atoms with Gasteiger partial charge in [0.1, 0.15) is 6.04 Å². The average molecular weight is 198 g/mol. The Balaban J connectivity index is 2.42. The van der Waals surface area contributed by atoms with Gasteiger partial charge in [-0.3, -0.25) is 9.59 Å². The van der Waals surface area contributed by atoms with Gasteiger partial charge in [-0.15, -0.1) is 0 Å². The van der Waals surface area contributed by atoms with Gasteiger partial charge in [-0.2, -0.15) is 0 Å². The summed E-state index contributed by atoms with van der Waals surface area (Å²) in [6, 6.07) is -0.661. The van der Waals surface area contributed by atoms with Gasteiger partial charge >= 0.3 is 0 Å². The molecule has 79 valence electrons. The van der Waals surface area contributed by atoms with Crippen LogP contribution >= 0.6 is 0 Å². The van der Waals surface area contributed by atoms with Crippen molar-refractivity contribution in [3.8, 4) is 0 Å². The molecule has 1 fully saturated rings. The number of rotatable bonds is 2. The van der Waals surface area contributed by atoms with E-state index in [0.717, 1.165) is 13.1 Å². The summed E-state index contributed by atoms with van der Waals surface area (Å²) in [7, 11) is 0. The molecule has 1 saturated heterocycles. The van der Waals surface area contributed by atoms with Gasteiger partial charge in [0.05, 0.1) is 0 Å². The molecule has 0 aromatic rings. The molecule has 1 atom stereocenters. The van der Waals surface area contributed by atoms with Crippen LogP contribution in [-0.2, 0) is 9.59 Å². The third kappa shape index (κ3) is 2.99. The Morgan fingerprint density at radius 3 is 2.50 bits per heavy atom. The van der Waals surface area contributed by atoms with Crippen molar-refractivity contribution in [3.63, 3.8) is 0 Å². The Morgan fingerprint density at radius 2 is 2.00 bits per heavy atom. The molecule has 14 heavy (non-hydrogen) atoms. The Morgan fingerprint density at radius 1 is 1.43 bits per heavy atom. The van der Waals surface area contributed by atoms with E-state index < -0.39 is 6.04 Å². The lowest BCUT2D eigenvalue weighted by molar-refractivity contribution is -0.135. The molecule has 2 amide bonds. The number of nitrogens with zero attached hydrogens (tertiary/aromatic N) is 1. The number of carbonyl (C=O) groups is 2.